The number of benzene rings is 1. The van der Waals surface area contributed by atoms with E-state index < -0.39 is 11.7 Å². The van der Waals surface area contributed by atoms with Gasteiger partial charge in [-0.25, -0.2) is 9.69 Å². The van der Waals surface area contributed by atoms with Gasteiger partial charge in [0.2, 0.25) is 5.91 Å². The average molecular weight is 347 g/mol. The summed E-state index contributed by atoms with van der Waals surface area (Å²) in [7, 11) is 1.62. The molecule has 132 valence electrons. The van der Waals surface area contributed by atoms with E-state index in [0.717, 1.165) is 4.90 Å². The lowest BCUT2D eigenvalue weighted by Crippen LogP contribution is -2.43. The van der Waals surface area contributed by atoms with Gasteiger partial charge < -0.3 is 4.74 Å². The number of H-pyrrole nitrogens is 1. The minimum Gasteiger partial charge on any atom is -0.494 e. The Bertz CT molecular complexity index is 839. The van der Waals surface area contributed by atoms with Crippen LogP contribution in [-0.4, -0.2) is 29.7 Å². The van der Waals surface area contributed by atoms with E-state index in [1.54, 1.807) is 31.3 Å². The maximum absolute atomic E-state index is 12.6. The van der Waals surface area contributed by atoms with Crippen LogP contribution in [-0.2, 0) is 23.2 Å². The van der Waals surface area contributed by atoms with Crippen LogP contribution in [0.1, 0.15) is 19.0 Å². The van der Waals surface area contributed by atoms with Crippen molar-refractivity contribution in [3.8, 4) is 5.75 Å². The molecule has 2 N–H and O–H groups in total. The zero-order valence-corrected chi connectivity index (χ0v) is 13.9. The molecule has 2 aromatic rings. The lowest BCUT2D eigenvalue weighted by molar-refractivity contribution is -0.746. The maximum atomic E-state index is 12.6. The highest BCUT2D eigenvalue weighted by Crippen LogP contribution is 2.25. The molecule has 0 saturated carbocycles. The van der Waals surface area contributed by atoms with Crippen molar-refractivity contribution in [1.29, 1.82) is 0 Å². The third kappa shape index (κ3) is 3.31. The molecule has 25 heavy (non-hydrogen) atoms. The van der Waals surface area contributed by atoms with Crippen LogP contribution in [0.4, 0.5) is 5.69 Å². The monoisotopic (exact) mass is 347 g/mol. The first-order chi connectivity index (χ1) is 12.0. The Labute approximate surface area is 143 Å². The van der Waals surface area contributed by atoms with Crippen molar-refractivity contribution in [2.24, 2.45) is 7.05 Å². The first-order valence-corrected chi connectivity index (χ1v) is 7.90. The first-order valence-electron chi connectivity index (χ1n) is 7.90. The normalized spacial score (nSPS) is 17.4. The summed E-state index contributed by atoms with van der Waals surface area (Å²) >= 11 is 0. The highest BCUT2D eigenvalue weighted by Gasteiger charge is 2.39. The SMILES string of the molecule is CCOc1ccc(N2C(=O)CC(NCc3c(=O)o[nH][n+]3C)C2=O)cc1. The molecule has 0 aliphatic carbocycles. The van der Waals surface area contributed by atoms with Gasteiger partial charge in [0.1, 0.15) is 5.75 Å². The number of rotatable bonds is 6. The number of amides is 2. The molecular formula is C16H19N4O5+. The van der Waals surface area contributed by atoms with Crippen LogP contribution in [0.3, 0.4) is 0 Å². The van der Waals surface area contributed by atoms with Crippen molar-refractivity contribution in [3.63, 3.8) is 0 Å². The number of nitrogens with one attached hydrogen (secondary N) is 2. The molecule has 1 aromatic heterocycles. The van der Waals surface area contributed by atoms with Gasteiger partial charge in [-0.2, -0.15) is 0 Å². The number of aryl methyl sites for hydroxylation is 1. The summed E-state index contributed by atoms with van der Waals surface area (Å²) in [6, 6.07) is 6.08. The summed E-state index contributed by atoms with van der Waals surface area (Å²) in [6.45, 7) is 2.53. The third-order valence-corrected chi connectivity index (χ3v) is 3.98. The van der Waals surface area contributed by atoms with Gasteiger partial charge in [0.15, 0.2) is 7.05 Å². The van der Waals surface area contributed by atoms with Crippen molar-refractivity contribution in [2.75, 3.05) is 11.5 Å². The number of hydrogen-bond donors (Lipinski definition) is 2. The lowest BCUT2D eigenvalue weighted by Gasteiger charge is -2.15. The molecule has 1 aromatic carbocycles. The maximum Gasteiger partial charge on any atom is 0.431 e. The summed E-state index contributed by atoms with van der Waals surface area (Å²) in [5.41, 5.74) is 0.310. The van der Waals surface area contributed by atoms with Crippen molar-refractivity contribution in [3.05, 3.63) is 40.4 Å². The van der Waals surface area contributed by atoms with E-state index in [9.17, 15) is 14.4 Å². The van der Waals surface area contributed by atoms with E-state index in [1.165, 1.54) is 4.68 Å². The molecule has 0 spiro atoms. The Balaban J connectivity index is 1.70. The summed E-state index contributed by atoms with van der Waals surface area (Å²) in [6.07, 6.45) is 0.0332. The summed E-state index contributed by atoms with van der Waals surface area (Å²) in [4.78, 5) is 37.5. The standard InChI is InChI=1S/C16H18N4O5/c1-3-24-11-6-4-10(5-7-11)20-14(21)8-12(15(20)22)17-9-13-16(23)25-18-19(13)2/h4-7,12,17H,3,8-9H2,1-2H3/p+1. The second-order valence-corrected chi connectivity index (χ2v) is 5.62. The number of nitrogens with zero attached hydrogens (tertiary/aromatic N) is 2. The molecular weight excluding hydrogens is 328 g/mol. The van der Waals surface area contributed by atoms with Gasteiger partial charge >= 0.3 is 11.3 Å². The number of hydrogen-bond acceptors (Lipinski definition) is 6. The van der Waals surface area contributed by atoms with Crippen LogP contribution >= 0.6 is 0 Å². The minimum absolute atomic E-state index is 0.0332. The van der Waals surface area contributed by atoms with Gasteiger partial charge in [0, 0.05) is 0 Å². The highest BCUT2D eigenvalue weighted by atomic mass is 16.5. The van der Waals surface area contributed by atoms with Crippen molar-refractivity contribution < 1.29 is 23.5 Å². The smallest absolute Gasteiger partial charge is 0.431 e. The second-order valence-electron chi connectivity index (χ2n) is 5.62. The average Bonchev–Trinajstić information content (AvgIpc) is 3.06. The number of carbonyl (C=O) groups excluding carboxylic acids is 2. The second kappa shape index (κ2) is 6.89. The Morgan fingerprint density at radius 3 is 2.64 bits per heavy atom. The molecule has 1 unspecified atom stereocenters. The van der Waals surface area contributed by atoms with Crippen LogP contribution in [0.2, 0.25) is 0 Å². The van der Waals surface area contributed by atoms with Crippen molar-refractivity contribution in [2.45, 2.75) is 25.9 Å². The van der Waals surface area contributed by atoms with E-state index in [4.69, 9.17) is 4.74 Å². The lowest BCUT2D eigenvalue weighted by atomic mass is 10.2. The molecule has 1 aliphatic heterocycles. The minimum atomic E-state index is -0.687. The number of carbonyl (C=O) groups is 2. The van der Waals surface area contributed by atoms with Gasteiger partial charge in [-0.05, 0) is 36.5 Å². The summed E-state index contributed by atoms with van der Waals surface area (Å²) in [5.74, 6) is 0.0283. The van der Waals surface area contributed by atoms with Crippen LogP contribution in [0.25, 0.3) is 0 Å². The molecule has 2 amide bonds. The van der Waals surface area contributed by atoms with E-state index in [2.05, 4.69) is 15.1 Å². The fourth-order valence-corrected chi connectivity index (χ4v) is 2.69. The molecule has 1 saturated heterocycles. The summed E-state index contributed by atoms with van der Waals surface area (Å²) in [5, 5.41) is 5.34. The fraction of sp³-hybridized carbons (Fsp3) is 0.375. The van der Waals surface area contributed by atoms with Crippen LogP contribution in [0.5, 0.6) is 5.75 Å². The molecule has 9 heteroatoms. The topological polar surface area (TPSA) is 109 Å². The van der Waals surface area contributed by atoms with Gasteiger partial charge in [-0.3, -0.25) is 19.4 Å². The molecule has 1 fully saturated rings. The van der Waals surface area contributed by atoms with Gasteiger partial charge in [-0.15, -0.1) is 0 Å². The number of anilines is 1. The number of aromatic amines is 1. The van der Waals surface area contributed by atoms with Crippen molar-refractivity contribution >= 4 is 17.5 Å². The molecule has 3 rings (SSSR count). The molecule has 1 aliphatic rings. The quantitative estimate of drug-likeness (QED) is 0.544. The largest absolute Gasteiger partial charge is 0.494 e. The van der Waals surface area contributed by atoms with Crippen LogP contribution in [0.15, 0.2) is 33.6 Å². The van der Waals surface area contributed by atoms with Gasteiger partial charge in [0.05, 0.1) is 31.3 Å². The molecule has 1 atom stereocenters. The fourth-order valence-electron chi connectivity index (χ4n) is 2.69. The van der Waals surface area contributed by atoms with E-state index in [-0.39, 0.29) is 24.8 Å². The molecule has 9 nitrogen and oxygen atoms in total. The molecule has 2 heterocycles. The predicted octanol–water partition coefficient (Wildman–Crippen LogP) is -0.387. The van der Waals surface area contributed by atoms with E-state index >= 15 is 0 Å². The third-order valence-electron chi connectivity index (χ3n) is 3.98. The Hall–Kier alpha value is -2.94. The van der Waals surface area contributed by atoms with Gasteiger partial charge in [-0.1, -0.05) is 4.68 Å². The molecule has 0 bridgehead atoms. The summed E-state index contributed by atoms with van der Waals surface area (Å²) < 4.78 is 11.4. The van der Waals surface area contributed by atoms with E-state index in [0.29, 0.717) is 23.7 Å². The number of aromatic nitrogens is 2. The van der Waals surface area contributed by atoms with Crippen LogP contribution in [0, 0.1) is 0 Å². The van der Waals surface area contributed by atoms with Crippen molar-refractivity contribution in [1.82, 2.24) is 10.6 Å². The Morgan fingerprint density at radius 2 is 2.04 bits per heavy atom. The Morgan fingerprint density at radius 1 is 1.32 bits per heavy atom. The first kappa shape index (κ1) is 16.9. The van der Waals surface area contributed by atoms with Crippen LogP contribution < -0.4 is 25.3 Å². The van der Waals surface area contributed by atoms with E-state index in [1.807, 2.05) is 6.92 Å². The number of ether oxygens (including phenoxy) is 1. The molecule has 0 radical (unpaired) electrons. The predicted molar refractivity (Wildman–Crippen MR) is 85.9 cm³/mol. The van der Waals surface area contributed by atoms with Gasteiger partial charge in [0.25, 0.3) is 5.91 Å². The zero-order chi connectivity index (χ0) is 18.0. The highest BCUT2D eigenvalue weighted by molar-refractivity contribution is 6.22. The zero-order valence-electron chi connectivity index (χ0n) is 13.9. The Kier molecular flexibility index (Phi) is 4.66. The number of imide groups is 1.